The van der Waals surface area contributed by atoms with E-state index in [0.29, 0.717) is 5.92 Å². The smallest absolute Gasteiger partial charge is 0.0302 e. The van der Waals surface area contributed by atoms with E-state index < -0.39 is 0 Å². The van der Waals surface area contributed by atoms with Crippen LogP contribution < -0.4 is 5.73 Å². The molecule has 2 nitrogen and oxygen atoms in total. The third-order valence-corrected chi connectivity index (χ3v) is 2.48. The number of nitrogens with zero attached hydrogens (tertiary/aromatic N) is 1. The summed E-state index contributed by atoms with van der Waals surface area (Å²) in [5, 5.41) is 0. The highest BCUT2D eigenvalue weighted by Gasteiger charge is 2.13. The van der Waals surface area contributed by atoms with Crippen molar-refractivity contribution in [2.75, 3.05) is 0 Å². The van der Waals surface area contributed by atoms with Gasteiger partial charge in [0.05, 0.1) is 0 Å². The van der Waals surface area contributed by atoms with Crippen molar-refractivity contribution in [2.45, 2.75) is 45.1 Å². The van der Waals surface area contributed by atoms with Gasteiger partial charge in [0.1, 0.15) is 0 Å². The fourth-order valence-electron chi connectivity index (χ4n) is 1.42. The molecule has 0 aliphatic rings. The van der Waals surface area contributed by atoms with Gasteiger partial charge in [-0.05, 0) is 44.2 Å². The zero-order valence-corrected chi connectivity index (χ0v) is 9.33. The molecular formula is C12H20N2. The van der Waals surface area contributed by atoms with Crippen molar-refractivity contribution in [2.24, 2.45) is 5.73 Å². The molecule has 1 heterocycles. The van der Waals surface area contributed by atoms with Gasteiger partial charge in [0.2, 0.25) is 0 Å². The molecule has 0 aliphatic carbocycles. The molecule has 1 rings (SSSR count). The van der Waals surface area contributed by atoms with E-state index in [1.807, 2.05) is 18.5 Å². The number of rotatable bonds is 4. The summed E-state index contributed by atoms with van der Waals surface area (Å²) in [7, 11) is 0. The molecule has 2 heteroatoms. The van der Waals surface area contributed by atoms with E-state index in [0.717, 1.165) is 12.8 Å². The van der Waals surface area contributed by atoms with Gasteiger partial charge >= 0.3 is 0 Å². The fourth-order valence-corrected chi connectivity index (χ4v) is 1.42. The molecule has 0 aliphatic heterocycles. The first-order valence-corrected chi connectivity index (χ1v) is 5.18. The lowest BCUT2D eigenvalue weighted by molar-refractivity contribution is 0.438. The lowest BCUT2D eigenvalue weighted by Crippen LogP contribution is -2.31. The molecule has 78 valence electrons. The zero-order chi connectivity index (χ0) is 10.6. The van der Waals surface area contributed by atoms with Crippen LogP contribution in [0.1, 0.15) is 45.1 Å². The van der Waals surface area contributed by atoms with Gasteiger partial charge in [0.15, 0.2) is 0 Å². The van der Waals surface area contributed by atoms with Crippen LogP contribution in [0.15, 0.2) is 24.5 Å². The first-order valence-electron chi connectivity index (χ1n) is 5.18. The molecule has 1 unspecified atom stereocenters. The zero-order valence-electron chi connectivity index (χ0n) is 9.33. The predicted octanol–water partition coefficient (Wildman–Crippen LogP) is 2.70. The summed E-state index contributed by atoms with van der Waals surface area (Å²) in [5.41, 5.74) is 7.19. The van der Waals surface area contributed by atoms with Crippen LogP contribution in [0.2, 0.25) is 0 Å². The topological polar surface area (TPSA) is 38.9 Å². The molecule has 0 amide bonds. The van der Waals surface area contributed by atoms with E-state index in [9.17, 15) is 0 Å². The fraction of sp³-hybridized carbons (Fsp3) is 0.583. The Labute approximate surface area is 86.5 Å². The molecule has 1 aromatic heterocycles. The van der Waals surface area contributed by atoms with Crippen molar-refractivity contribution in [1.29, 1.82) is 0 Å². The van der Waals surface area contributed by atoms with Gasteiger partial charge in [-0.3, -0.25) is 4.98 Å². The molecule has 2 N–H and O–H groups in total. The molecule has 0 fully saturated rings. The average molecular weight is 192 g/mol. The number of hydrogen-bond donors (Lipinski definition) is 1. The van der Waals surface area contributed by atoms with Crippen LogP contribution in [0.4, 0.5) is 0 Å². The Kier molecular flexibility index (Phi) is 3.64. The molecule has 1 atom stereocenters. The van der Waals surface area contributed by atoms with E-state index in [-0.39, 0.29) is 5.54 Å². The van der Waals surface area contributed by atoms with Crippen LogP contribution in [0.3, 0.4) is 0 Å². The van der Waals surface area contributed by atoms with Gasteiger partial charge in [0, 0.05) is 17.9 Å². The van der Waals surface area contributed by atoms with Gasteiger partial charge in [-0.15, -0.1) is 0 Å². The number of aromatic nitrogens is 1. The summed E-state index contributed by atoms with van der Waals surface area (Å²) in [6.07, 6.45) is 5.91. The standard InChI is InChI=1S/C12H20N2/c1-10(6-7-12(2,3)13)11-5-4-8-14-9-11/h4-5,8-10H,6-7,13H2,1-3H3. The normalized spacial score (nSPS) is 14.0. The maximum Gasteiger partial charge on any atom is 0.0302 e. The molecule has 0 radical (unpaired) electrons. The second-order valence-corrected chi connectivity index (χ2v) is 4.71. The maximum atomic E-state index is 5.95. The first kappa shape index (κ1) is 11.2. The molecule has 1 aromatic rings. The van der Waals surface area contributed by atoms with Crippen LogP contribution in [0, 0.1) is 0 Å². The second kappa shape index (κ2) is 4.56. The molecule has 0 bridgehead atoms. The van der Waals surface area contributed by atoms with Crippen molar-refractivity contribution in [1.82, 2.24) is 4.98 Å². The van der Waals surface area contributed by atoms with Gasteiger partial charge in [-0.2, -0.15) is 0 Å². The molecule has 14 heavy (non-hydrogen) atoms. The Morgan fingerprint density at radius 1 is 1.50 bits per heavy atom. The van der Waals surface area contributed by atoms with Crippen molar-refractivity contribution in [3.63, 3.8) is 0 Å². The number of hydrogen-bond acceptors (Lipinski definition) is 2. The van der Waals surface area contributed by atoms with Crippen LogP contribution in [-0.4, -0.2) is 10.5 Å². The molecule has 0 spiro atoms. The van der Waals surface area contributed by atoms with E-state index in [4.69, 9.17) is 5.73 Å². The van der Waals surface area contributed by atoms with Crippen molar-refractivity contribution in [3.8, 4) is 0 Å². The summed E-state index contributed by atoms with van der Waals surface area (Å²) in [6.45, 7) is 6.37. The monoisotopic (exact) mass is 192 g/mol. The number of nitrogens with two attached hydrogens (primary N) is 1. The Hall–Kier alpha value is -0.890. The minimum Gasteiger partial charge on any atom is -0.326 e. The minimum atomic E-state index is -0.0591. The Morgan fingerprint density at radius 3 is 2.71 bits per heavy atom. The Morgan fingerprint density at radius 2 is 2.21 bits per heavy atom. The summed E-state index contributed by atoms with van der Waals surface area (Å²) in [6, 6.07) is 4.11. The summed E-state index contributed by atoms with van der Waals surface area (Å²) in [4.78, 5) is 4.12. The lowest BCUT2D eigenvalue weighted by Gasteiger charge is -2.20. The summed E-state index contributed by atoms with van der Waals surface area (Å²) < 4.78 is 0. The molecular weight excluding hydrogens is 172 g/mol. The van der Waals surface area contributed by atoms with Crippen LogP contribution in [0.25, 0.3) is 0 Å². The number of pyridine rings is 1. The average Bonchev–Trinajstić information content (AvgIpc) is 2.14. The van der Waals surface area contributed by atoms with E-state index in [2.05, 4.69) is 31.8 Å². The first-order chi connectivity index (χ1) is 6.49. The quantitative estimate of drug-likeness (QED) is 0.796. The van der Waals surface area contributed by atoms with Crippen molar-refractivity contribution < 1.29 is 0 Å². The highest BCUT2D eigenvalue weighted by molar-refractivity contribution is 5.13. The minimum absolute atomic E-state index is 0.0591. The second-order valence-electron chi connectivity index (χ2n) is 4.71. The SMILES string of the molecule is CC(CCC(C)(C)N)c1cccnc1. The van der Waals surface area contributed by atoms with Gasteiger partial charge < -0.3 is 5.73 Å². The van der Waals surface area contributed by atoms with Gasteiger partial charge in [-0.1, -0.05) is 13.0 Å². The van der Waals surface area contributed by atoms with Crippen molar-refractivity contribution >= 4 is 0 Å². The highest BCUT2D eigenvalue weighted by Crippen LogP contribution is 2.22. The van der Waals surface area contributed by atoms with Crippen LogP contribution in [0.5, 0.6) is 0 Å². The molecule has 0 saturated carbocycles. The summed E-state index contributed by atoms with van der Waals surface area (Å²) >= 11 is 0. The maximum absolute atomic E-state index is 5.95. The third kappa shape index (κ3) is 3.88. The van der Waals surface area contributed by atoms with E-state index >= 15 is 0 Å². The van der Waals surface area contributed by atoms with Gasteiger partial charge in [0.25, 0.3) is 0 Å². The molecule has 0 aromatic carbocycles. The summed E-state index contributed by atoms with van der Waals surface area (Å²) in [5.74, 6) is 0.548. The van der Waals surface area contributed by atoms with E-state index in [1.165, 1.54) is 5.56 Å². The Balaban J connectivity index is 2.48. The lowest BCUT2D eigenvalue weighted by atomic mass is 9.91. The Bertz CT molecular complexity index is 261. The van der Waals surface area contributed by atoms with Gasteiger partial charge in [-0.25, -0.2) is 0 Å². The molecule has 0 saturated heterocycles. The predicted molar refractivity (Wildman–Crippen MR) is 60.2 cm³/mol. The third-order valence-electron chi connectivity index (χ3n) is 2.48. The van der Waals surface area contributed by atoms with Crippen LogP contribution >= 0.6 is 0 Å². The highest BCUT2D eigenvalue weighted by atomic mass is 14.7. The van der Waals surface area contributed by atoms with Crippen molar-refractivity contribution in [3.05, 3.63) is 30.1 Å². The van der Waals surface area contributed by atoms with Crippen LogP contribution in [-0.2, 0) is 0 Å². The largest absolute Gasteiger partial charge is 0.326 e. The van der Waals surface area contributed by atoms with E-state index in [1.54, 1.807) is 0 Å².